The van der Waals surface area contributed by atoms with E-state index in [1.54, 1.807) is 12.1 Å². The molecule has 0 bridgehead atoms. The Morgan fingerprint density at radius 1 is 1.04 bits per heavy atom. The van der Waals surface area contributed by atoms with Crippen LogP contribution in [0.2, 0.25) is 0 Å². The molecule has 25 heavy (non-hydrogen) atoms. The Balaban J connectivity index is 1.42. The number of amides is 1. The second-order valence-electron chi connectivity index (χ2n) is 6.32. The molecule has 1 saturated heterocycles. The first-order valence-electron chi connectivity index (χ1n) is 8.48. The van der Waals surface area contributed by atoms with E-state index in [1.165, 1.54) is 21.3 Å². The van der Waals surface area contributed by atoms with Crippen LogP contribution in [-0.2, 0) is 22.6 Å². The van der Waals surface area contributed by atoms with Crippen molar-refractivity contribution in [3.8, 4) is 0 Å². The Kier molecular flexibility index (Phi) is 6.42. The lowest BCUT2D eigenvalue weighted by molar-refractivity contribution is -0.133. The average molecular weight is 453 g/mol. The highest BCUT2D eigenvalue weighted by atomic mass is 127. The maximum absolute atomic E-state index is 12.9. The maximum atomic E-state index is 12.9. The zero-order valence-corrected chi connectivity index (χ0v) is 16.1. The highest BCUT2D eigenvalue weighted by Gasteiger charge is 2.23. The van der Waals surface area contributed by atoms with Crippen molar-refractivity contribution in [1.82, 2.24) is 4.90 Å². The second-order valence-corrected chi connectivity index (χ2v) is 7.57. The summed E-state index contributed by atoms with van der Waals surface area (Å²) in [5.41, 5.74) is 2.03. The van der Waals surface area contributed by atoms with Gasteiger partial charge in [-0.2, -0.15) is 0 Å². The summed E-state index contributed by atoms with van der Waals surface area (Å²) < 4.78 is 20.1. The van der Waals surface area contributed by atoms with Crippen LogP contribution < -0.4 is 0 Å². The fourth-order valence-corrected chi connectivity index (χ4v) is 3.31. The summed E-state index contributed by atoms with van der Waals surface area (Å²) in [7, 11) is 0. The molecule has 0 unspecified atom stereocenters. The van der Waals surface area contributed by atoms with Gasteiger partial charge in [0.25, 0.3) is 0 Å². The quantitative estimate of drug-likeness (QED) is 0.636. The number of carbonyl (C=O) groups is 1. The number of piperidine rings is 1. The van der Waals surface area contributed by atoms with E-state index in [-0.39, 0.29) is 17.8 Å². The lowest BCUT2D eigenvalue weighted by Gasteiger charge is -2.32. The van der Waals surface area contributed by atoms with Gasteiger partial charge in [0, 0.05) is 16.7 Å². The second kappa shape index (κ2) is 8.76. The summed E-state index contributed by atoms with van der Waals surface area (Å²) in [6.45, 7) is 2.06. The monoisotopic (exact) mass is 453 g/mol. The molecule has 1 amide bonds. The van der Waals surface area contributed by atoms with E-state index in [4.69, 9.17) is 4.74 Å². The number of ether oxygens (including phenoxy) is 1. The van der Waals surface area contributed by atoms with E-state index in [0.717, 1.165) is 31.5 Å². The Morgan fingerprint density at radius 2 is 1.64 bits per heavy atom. The lowest BCUT2D eigenvalue weighted by Crippen LogP contribution is -2.41. The van der Waals surface area contributed by atoms with Crippen LogP contribution >= 0.6 is 22.6 Å². The van der Waals surface area contributed by atoms with Gasteiger partial charge in [0.2, 0.25) is 5.91 Å². The molecule has 0 atom stereocenters. The molecule has 0 saturated carbocycles. The Bertz CT molecular complexity index is 695. The normalized spacial score (nSPS) is 15.4. The molecule has 3 nitrogen and oxygen atoms in total. The Morgan fingerprint density at radius 3 is 2.28 bits per heavy atom. The fraction of sp³-hybridized carbons (Fsp3) is 0.350. The summed E-state index contributed by atoms with van der Waals surface area (Å²) in [6.07, 6.45) is 2.25. The Hall–Kier alpha value is -1.47. The van der Waals surface area contributed by atoms with Gasteiger partial charge in [-0.05, 0) is 70.8 Å². The smallest absolute Gasteiger partial charge is 0.226 e. The van der Waals surface area contributed by atoms with E-state index in [2.05, 4.69) is 46.9 Å². The molecule has 1 fully saturated rings. The third-order valence-electron chi connectivity index (χ3n) is 4.46. The molecule has 132 valence electrons. The zero-order valence-electron chi connectivity index (χ0n) is 14.0. The molecule has 0 N–H and O–H groups in total. The first kappa shape index (κ1) is 18.3. The SMILES string of the molecule is O=C(Cc1ccc(F)cc1)N1CCC(OCc2ccc(I)cc2)CC1. The largest absolute Gasteiger partial charge is 0.373 e. The van der Waals surface area contributed by atoms with Crippen LogP contribution in [0.4, 0.5) is 4.39 Å². The minimum atomic E-state index is -0.276. The summed E-state index contributed by atoms with van der Waals surface area (Å²) in [6, 6.07) is 14.5. The van der Waals surface area contributed by atoms with Gasteiger partial charge in [0.15, 0.2) is 0 Å². The molecular formula is C20H21FINO2. The van der Waals surface area contributed by atoms with Crippen LogP contribution in [0.15, 0.2) is 48.5 Å². The van der Waals surface area contributed by atoms with E-state index < -0.39 is 0 Å². The zero-order chi connectivity index (χ0) is 17.6. The van der Waals surface area contributed by atoms with Gasteiger partial charge < -0.3 is 9.64 Å². The topological polar surface area (TPSA) is 29.5 Å². The molecule has 2 aromatic rings. The van der Waals surface area contributed by atoms with Crippen molar-refractivity contribution >= 4 is 28.5 Å². The van der Waals surface area contributed by atoms with Crippen LogP contribution in [0, 0.1) is 9.39 Å². The number of rotatable bonds is 5. The van der Waals surface area contributed by atoms with E-state index in [9.17, 15) is 9.18 Å². The van der Waals surface area contributed by atoms with Gasteiger partial charge in [-0.25, -0.2) is 4.39 Å². The van der Waals surface area contributed by atoms with Crippen molar-refractivity contribution in [2.75, 3.05) is 13.1 Å². The van der Waals surface area contributed by atoms with Gasteiger partial charge >= 0.3 is 0 Å². The molecule has 1 heterocycles. The molecule has 3 rings (SSSR count). The van der Waals surface area contributed by atoms with Gasteiger partial charge in [-0.1, -0.05) is 24.3 Å². The lowest BCUT2D eigenvalue weighted by atomic mass is 10.1. The number of hydrogen-bond acceptors (Lipinski definition) is 2. The number of benzene rings is 2. The number of hydrogen-bond donors (Lipinski definition) is 0. The average Bonchev–Trinajstić information content (AvgIpc) is 2.63. The predicted octanol–water partition coefficient (Wildman–Crippen LogP) is 4.18. The van der Waals surface area contributed by atoms with Crippen LogP contribution in [0.1, 0.15) is 24.0 Å². The molecule has 1 aliphatic rings. The van der Waals surface area contributed by atoms with Gasteiger partial charge in [-0.15, -0.1) is 0 Å². The van der Waals surface area contributed by atoms with Crippen molar-refractivity contribution < 1.29 is 13.9 Å². The number of nitrogens with zero attached hydrogens (tertiary/aromatic N) is 1. The van der Waals surface area contributed by atoms with Crippen molar-refractivity contribution in [2.45, 2.75) is 32.0 Å². The molecule has 0 aliphatic carbocycles. The number of carbonyl (C=O) groups excluding carboxylic acids is 1. The maximum Gasteiger partial charge on any atom is 0.226 e. The van der Waals surface area contributed by atoms with Crippen molar-refractivity contribution in [2.24, 2.45) is 0 Å². The standard InChI is InChI=1S/C20H21FINO2/c21-17-5-1-15(2-6-17)13-20(24)23-11-9-19(10-12-23)25-14-16-3-7-18(22)8-4-16/h1-8,19H,9-14H2. The highest BCUT2D eigenvalue weighted by molar-refractivity contribution is 14.1. The third kappa shape index (κ3) is 5.51. The molecule has 0 radical (unpaired) electrons. The molecule has 0 spiro atoms. The fourth-order valence-electron chi connectivity index (χ4n) is 2.96. The van der Waals surface area contributed by atoms with Crippen LogP contribution in [0.25, 0.3) is 0 Å². The summed E-state index contributed by atoms with van der Waals surface area (Å²) >= 11 is 2.29. The molecule has 5 heteroatoms. The van der Waals surface area contributed by atoms with Crippen molar-refractivity contribution in [3.63, 3.8) is 0 Å². The van der Waals surface area contributed by atoms with Crippen molar-refractivity contribution in [3.05, 3.63) is 69.0 Å². The van der Waals surface area contributed by atoms with Crippen LogP contribution in [-0.4, -0.2) is 30.0 Å². The summed E-state index contributed by atoms with van der Waals surface area (Å²) in [5, 5.41) is 0. The van der Waals surface area contributed by atoms with Gasteiger partial charge in [0.1, 0.15) is 5.82 Å². The number of likely N-dealkylation sites (tertiary alicyclic amines) is 1. The predicted molar refractivity (Wildman–Crippen MR) is 104 cm³/mol. The first-order chi connectivity index (χ1) is 12.1. The molecular weight excluding hydrogens is 432 g/mol. The van der Waals surface area contributed by atoms with Gasteiger partial charge in [-0.3, -0.25) is 4.79 Å². The minimum absolute atomic E-state index is 0.0997. The van der Waals surface area contributed by atoms with E-state index in [0.29, 0.717) is 13.0 Å². The van der Waals surface area contributed by atoms with E-state index >= 15 is 0 Å². The van der Waals surface area contributed by atoms with Gasteiger partial charge in [0.05, 0.1) is 19.1 Å². The van der Waals surface area contributed by atoms with Crippen molar-refractivity contribution in [1.29, 1.82) is 0 Å². The van der Waals surface area contributed by atoms with Crippen LogP contribution in [0.3, 0.4) is 0 Å². The van der Waals surface area contributed by atoms with E-state index in [1.807, 2.05) is 4.90 Å². The minimum Gasteiger partial charge on any atom is -0.373 e. The summed E-state index contributed by atoms with van der Waals surface area (Å²) in [4.78, 5) is 14.2. The Labute approximate surface area is 161 Å². The third-order valence-corrected chi connectivity index (χ3v) is 5.18. The summed E-state index contributed by atoms with van der Waals surface area (Å²) in [5.74, 6) is -0.176. The molecule has 0 aromatic heterocycles. The highest BCUT2D eigenvalue weighted by Crippen LogP contribution is 2.17. The molecule has 2 aromatic carbocycles. The molecule has 1 aliphatic heterocycles. The van der Waals surface area contributed by atoms with Crippen LogP contribution in [0.5, 0.6) is 0 Å². The number of halogens is 2. The first-order valence-corrected chi connectivity index (χ1v) is 9.56.